The van der Waals surface area contributed by atoms with Gasteiger partial charge in [-0.3, -0.25) is 9.59 Å². The summed E-state index contributed by atoms with van der Waals surface area (Å²) in [6.45, 7) is 5.85. The number of hydrogen-bond donors (Lipinski definition) is 3. The Hall–Kier alpha value is -4.01. The molecule has 8 nitrogen and oxygen atoms in total. The number of carbonyl (C=O) groups is 2. The number of halogens is 1. The summed E-state index contributed by atoms with van der Waals surface area (Å²) in [6, 6.07) is 9.65. The van der Waals surface area contributed by atoms with Crippen molar-refractivity contribution >= 4 is 28.5 Å². The third kappa shape index (κ3) is 4.09. The van der Waals surface area contributed by atoms with Gasteiger partial charge in [0, 0.05) is 31.0 Å². The molecule has 0 bridgehead atoms. The number of fused-ring (bicyclic) bond motifs is 1. The van der Waals surface area contributed by atoms with Gasteiger partial charge < -0.3 is 20.2 Å². The van der Waals surface area contributed by atoms with Crippen molar-refractivity contribution in [3.63, 3.8) is 0 Å². The second-order valence-corrected chi connectivity index (χ2v) is 7.43. The van der Waals surface area contributed by atoms with Crippen molar-refractivity contribution in [3.05, 3.63) is 65.5 Å². The molecule has 2 amide bonds. The normalized spacial score (nSPS) is 11.0. The summed E-state index contributed by atoms with van der Waals surface area (Å²) in [4.78, 5) is 36.7. The van der Waals surface area contributed by atoms with Crippen LogP contribution in [0, 0.1) is 12.7 Å². The van der Waals surface area contributed by atoms with Crippen molar-refractivity contribution in [3.8, 4) is 11.4 Å². The van der Waals surface area contributed by atoms with Crippen molar-refractivity contribution in [1.29, 1.82) is 0 Å². The monoisotopic (exact) mass is 434 g/mol. The first-order chi connectivity index (χ1) is 15.4. The molecule has 4 aromatic rings. The van der Waals surface area contributed by atoms with Gasteiger partial charge in [-0.1, -0.05) is 12.1 Å². The zero-order valence-electron chi connectivity index (χ0n) is 18.0. The number of aromatic amines is 1. The molecule has 2 aromatic heterocycles. The van der Waals surface area contributed by atoms with Crippen LogP contribution in [0.2, 0.25) is 0 Å². The van der Waals surface area contributed by atoms with Crippen molar-refractivity contribution in [2.45, 2.75) is 33.9 Å². The first kappa shape index (κ1) is 21.2. The number of aryl methyl sites for hydroxylation is 2. The zero-order chi connectivity index (χ0) is 22.8. The number of hydrogen-bond acceptors (Lipinski definition) is 4. The van der Waals surface area contributed by atoms with Gasteiger partial charge in [0.05, 0.1) is 28.7 Å². The number of nitrogens with zero attached hydrogens (tertiary/aromatic N) is 3. The maximum atomic E-state index is 14.5. The van der Waals surface area contributed by atoms with Crippen LogP contribution < -0.4 is 10.6 Å². The van der Waals surface area contributed by atoms with Gasteiger partial charge in [-0.2, -0.15) is 0 Å². The van der Waals surface area contributed by atoms with E-state index in [9.17, 15) is 14.0 Å². The molecule has 3 N–H and O–H groups in total. The van der Waals surface area contributed by atoms with Crippen LogP contribution in [0.15, 0.2) is 42.6 Å². The molecule has 32 heavy (non-hydrogen) atoms. The van der Waals surface area contributed by atoms with Crippen molar-refractivity contribution < 1.29 is 14.0 Å². The van der Waals surface area contributed by atoms with Gasteiger partial charge in [-0.05, 0) is 38.1 Å². The Morgan fingerprint density at radius 3 is 2.66 bits per heavy atom. The standard InChI is InChI=1S/C23H23FN6O2/c1-4-30-21-17(23(32)26-12-20-25-11-13(2)27-20)9-15(28-14(3)31)10-19(21)29-22(30)16-7-5-6-8-18(16)24/h5-11H,4,12H2,1-3H3,(H,25,27)(H,26,32)(H,28,31). The number of anilines is 1. The molecule has 0 aliphatic carbocycles. The van der Waals surface area contributed by atoms with E-state index in [0.29, 0.717) is 46.0 Å². The maximum absolute atomic E-state index is 14.5. The summed E-state index contributed by atoms with van der Waals surface area (Å²) < 4.78 is 16.3. The molecular formula is C23H23FN6O2. The van der Waals surface area contributed by atoms with Gasteiger partial charge in [-0.15, -0.1) is 0 Å². The van der Waals surface area contributed by atoms with Crippen LogP contribution in [0.4, 0.5) is 10.1 Å². The van der Waals surface area contributed by atoms with Gasteiger partial charge >= 0.3 is 0 Å². The fourth-order valence-corrected chi connectivity index (χ4v) is 3.69. The van der Waals surface area contributed by atoms with E-state index in [2.05, 4.69) is 25.6 Å². The lowest BCUT2D eigenvalue weighted by molar-refractivity contribution is -0.114. The van der Waals surface area contributed by atoms with Crippen LogP contribution >= 0.6 is 0 Å². The number of nitrogens with one attached hydrogen (secondary N) is 3. The lowest BCUT2D eigenvalue weighted by atomic mass is 10.1. The fraction of sp³-hybridized carbons (Fsp3) is 0.217. The zero-order valence-corrected chi connectivity index (χ0v) is 18.0. The number of carbonyl (C=O) groups excluding carboxylic acids is 2. The summed E-state index contributed by atoms with van der Waals surface area (Å²) in [5.74, 6) is 0.00757. The molecule has 0 aliphatic heterocycles. The number of H-pyrrole nitrogens is 1. The van der Waals surface area contributed by atoms with Crippen molar-refractivity contribution in [2.24, 2.45) is 0 Å². The van der Waals surface area contributed by atoms with E-state index in [0.717, 1.165) is 5.69 Å². The number of amides is 2. The average molecular weight is 434 g/mol. The van der Waals surface area contributed by atoms with Gasteiger partial charge in [0.25, 0.3) is 5.91 Å². The van der Waals surface area contributed by atoms with E-state index in [4.69, 9.17) is 0 Å². The first-order valence-corrected chi connectivity index (χ1v) is 10.2. The third-order valence-electron chi connectivity index (χ3n) is 5.01. The molecule has 164 valence electrons. The topological polar surface area (TPSA) is 105 Å². The largest absolute Gasteiger partial charge is 0.345 e. The average Bonchev–Trinajstić information content (AvgIpc) is 3.34. The van der Waals surface area contributed by atoms with Crippen LogP contribution in [-0.4, -0.2) is 31.3 Å². The van der Waals surface area contributed by atoms with Crippen LogP contribution in [0.3, 0.4) is 0 Å². The Balaban J connectivity index is 1.84. The predicted molar refractivity (Wildman–Crippen MR) is 120 cm³/mol. The number of benzene rings is 2. The minimum atomic E-state index is -0.404. The third-order valence-corrected chi connectivity index (χ3v) is 5.01. The summed E-state index contributed by atoms with van der Waals surface area (Å²) in [5, 5.41) is 5.56. The predicted octanol–water partition coefficient (Wildman–Crippen LogP) is 3.78. The molecule has 0 spiro atoms. The molecule has 0 fully saturated rings. The minimum absolute atomic E-state index is 0.207. The number of rotatable bonds is 6. The van der Waals surface area contributed by atoms with E-state index in [-0.39, 0.29) is 18.4 Å². The Bertz CT molecular complexity index is 1320. The van der Waals surface area contributed by atoms with Crippen LogP contribution in [0.5, 0.6) is 0 Å². The molecule has 0 radical (unpaired) electrons. The summed E-state index contributed by atoms with van der Waals surface area (Å²) in [6.07, 6.45) is 1.68. The molecule has 9 heteroatoms. The summed E-state index contributed by atoms with van der Waals surface area (Å²) in [5.41, 5.74) is 3.03. The number of imidazole rings is 2. The minimum Gasteiger partial charge on any atom is -0.345 e. The Morgan fingerprint density at radius 1 is 1.22 bits per heavy atom. The van der Waals surface area contributed by atoms with Gasteiger partial charge in [0.2, 0.25) is 5.91 Å². The maximum Gasteiger partial charge on any atom is 0.253 e. The lowest BCUT2D eigenvalue weighted by Gasteiger charge is -2.12. The highest BCUT2D eigenvalue weighted by Gasteiger charge is 2.21. The van der Waals surface area contributed by atoms with Gasteiger partial charge in [0.1, 0.15) is 17.5 Å². The summed E-state index contributed by atoms with van der Waals surface area (Å²) >= 11 is 0. The Labute approximate surface area is 183 Å². The van der Waals surface area contributed by atoms with E-state index < -0.39 is 5.82 Å². The SMILES string of the molecule is CCn1c(-c2ccccc2F)nc2cc(NC(C)=O)cc(C(=O)NCc3ncc(C)[nH]3)c21. The second-order valence-electron chi connectivity index (χ2n) is 7.43. The molecule has 0 saturated carbocycles. The van der Waals surface area contributed by atoms with Crippen LogP contribution in [0.25, 0.3) is 22.4 Å². The highest BCUT2D eigenvalue weighted by Crippen LogP contribution is 2.31. The molecule has 0 saturated heterocycles. The van der Waals surface area contributed by atoms with Crippen molar-refractivity contribution in [2.75, 3.05) is 5.32 Å². The van der Waals surface area contributed by atoms with E-state index in [1.807, 2.05) is 13.8 Å². The van der Waals surface area contributed by atoms with Crippen LogP contribution in [-0.2, 0) is 17.9 Å². The summed E-state index contributed by atoms with van der Waals surface area (Å²) in [7, 11) is 0. The highest BCUT2D eigenvalue weighted by atomic mass is 19.1. The Kier molecular flexibility index (Phi) is 5.72. The van der Waals surface area contributed by atoms with Crippen LogP contribution in [0.1, 0.15) is 35.7 Å². The van der Waals surface area contributed by atoms with E-state index in [1.165, 1.54) is 13.0 Å². The molecular weight excluding hydrogens is 411 g/mol. The molecule has 0 aliphatic rings. The molecule has 2 aromatic carbocycles. The molecule has 2 heterocycles. The molecule has 4 rings (SSSR count). The van der Waals surface area contributed by atoms with Gasteiger partial charge in [0.15, 0.2) is 0 Å². The molecule has 0 atom stereocenters. The second kappa shape index (κ2) is 8.62. The number of aromatic nitrogens is 4. The van der Waals surface area contributed by atoms with E-state index >= 15 is 0 Å². The first-order valence-electron chi connectivity index (χ1n) is 10.2. The lowest BCUT2D eigenvalue weighted by Crippen LogP contribution is -2.24. The highest BCUT2D eigenvalue weighted by molar-refractivity contribution is 6.08. The quantitative estimate of drug-likeness (QED) is 0.429. The van der Waals surface area contributed by atoms with Gasteiger partial charge in [-0.25, -0.2) is 14.4 Å². The fourth-order valence-electron chi connectivity index (χ4n) is 3.69. The van der Waals surface area contributed by atoms with Crippen molar-refractivity contribution in [1.82, 2.24) is 24.8 Å². The smallest absolute Gasteiger partial charge is 0.253 e. The Morgan fingerprint density at radius 2 is 2.00 bits per heavy atom. The molecule has 0 unspecified atom stereocenters. The van der Waals surface area contributed by atoms with E-state index in [1.54, 1.807) is 41.1 Å².